The Morgan fingerprint density at radius 2 is 2.23 bits per heavy atom. The third kappa shape index (κ3) is 1.62. The van der Waals surface area contributed by atoms with Gasteiger partial charge >= 0.3 is 0 Å². The lowest BCUT2D eigenvalue weighted by Gasteiger charge is -2.24. The molecule has 2 rings (SSSR count). The second kappa shape index (κ2) is 3.58. The smallest absolute Gasteiger partial charge is 0.0297 e. The van der Waals surface area contributed by atoms with E-state index < -0.39 is 0 Å². The van der Waals surface area contributed by atoms with E-state index in [4.69, 9.17) is 5.73 Å². The first-order valence-electron chi connectivity index (χ1n) is 4.73. The number of nitrogens with two attached hydrogens (primary N) is 1. The molecule has 0 fully saturated rings. The maximum atomic E-state index is 6.06. The molecule has 1 aliphatic rings. The summed E-state index contributed by atoms with van der Waals surface area (Å²) >= 11 is 2.40. The Morgan fingerprint density at radius 3 is 3.00 bits per heavy atom. The van der Waals surface area contributed by atoms with Crippen LogP contribution >= 0.6 is 22.6 Å². The van der Waals surface area contributed by atoms with E-state index in [9.17, 15) is 0 Å². The predicted molar refractivity (Wildman–Crippen MR) is 63.8 cm³/mol. The SMILES string of the molecule is Cc1c(I)ccc2c1CCCC2N. The minimum absolute atomic E-state index is 0.277. The number of rotatable bonds is 0. The van der Waals surface area contributed by atoms with Gasteiger partial charge in [-0.2, -0.15) is 0 Å². The Balaban J connectivity index is 2.56. The second-order valence-corrected chi connectivity index (χ2v) is 4.90. The van der Waals surface area contributed by atoms with Crippen LogP contribution in [0.2, 0.25) is 0 Å². The molecule has 0 aromatic heterocycles. The lowest BCUT2D eigenvalue weighted by atomic mass is 9.86. The van der Waals surface area contributed by atoms with Crippen molar-refractivity contribution < 1.29 is 0 Å². The highest BCUT2D eigenvalue weighted by molar-refractivity contribution is 14.1. The van der Waals surface area contributed by atoms with Gasteiger partial charge in [-0.15, -0.1) is 0 Å². The van der Waals surface area contributed by atoms with Crippen LogP contribution in [0.15, 0.2) is 12.1 Å². The molecule has 1 aliphatic carbocycles. The van der Waals surface area contributed by atoms with Crippen LogP contribution in [0, 0.1) is 10.5 Å². The van der Waals surface area contributed by atoms with Crippen LogP contribution in [-0.4, -0.2) is 0 Å². The van der Waals surface area contributed by atoms with E-state index in [1.165, 1.54) is 33.1 Å². The summed E-state index contributed by atoms with van der Waals surface area (Å²) in [6, 6.07) is 4.66. The second-order valence-electron chi connectivity index (χ2n) is 3.74. The molecule has 0 heterocycles. The van der Waals surface area contributed by atoms with Gasteiger partial charge in [-0.25, -0.2) is 0 Å². The molecular weight excluding hydrogens is 273 g/mol. The van der Waals surface area contributed by atoms with Gasteiger partial charge in [0, 0.05) is 9.61 Å². The van der Waals surface area contributed by atoms with Crippen molar-refractivity contribution in [3.63, 3.8) is 0 Å². The van der Waals surface area contributed by atoms with Crippen LogP contribution in [0.4, 0.5) is 0 Å². The van der Waals surface area contributed by atoms with Gasteiger partial charge in [-0.1, -0.05) is 6.07 Å². The highest BCUT2D eigenvalue weighted by Gasteiger charge is 2.18. The van der Waals surface area contributed by atoms with Crippen LogP contribution in [-0.2, 0) is 6.42 Å². The number of benzene rings is 1. The quantitative estimate of drug-likeness (QED) is 0.729. The molecule has 1 unspecified atom stereocenters. The lowest BCUT2D eigenvalue weighted by molar-refractivity contribution is 0.568. The van der Waals surface area contributed by atoms with Crippen molar-refractivity contribution in [2.45, 2.75) is 32.2 Å². The summed E-state index contributed by atoms with van der Waals surface area (Å²) in [6.45, 7) is 2.21. The van der Waals surface area contributed by atoms with Crippen LogP contribution < -0.4 is 5.73 Å². The van der Waals surface area contributed by atoms with E-state index in [2.05, 4.69) is 41.6 Å². The molecule has 1 aromatic rings. The van der Waals surface area contributed by atoms with Crippen molar-refractivity contribution in [1.29, 1.82) is 0 Å². The van der Waals surface area contributed by atoms with Crippen molar-refractivity contribution >= 4 is 22.6 Å². The van der Waals surface area contributed by atoms with Crippen LogP contribution in [0.3, 0.4) is 0 Å². The molecule has 0 saturated carbocycles. The molecule has 1 aromatic carbocycles. The molecule has 2 N–H and O–H groups in total. The normalized spacial score (nSPS) is 21.3. The lowest BCUT2D eigenvalue weighted by Crippen LogP contribution is -2.18. The summed E-state index contributed by atoms with van der Waals surface area (Å²) in [6.07, 6.45) is 3.61. The molecule has 2 heteroatoms. The maximum absolute atomic E-state index is 6.06. The number of hydrogen-bond donors (Lipinski definition) is 1. The number of halogens is 1. The minimum atomic E-state index is 0.277. The fourth-order valence-electron chi connectivity index (χ4n) is 2.08. The Kier molecular flexibility index (Phi) is 2.60. The molecule has 0 saturated heterocycles. The van der Waals surface area contributed by atoms with Gasteiger partial charge in [0.25, 0.3) is 0 Å². The Bertz CT molecular complexity index is 333. The molecule has 0 amide bonds. The molecule has 70 valence electrons. The van der Waals surface area contributed by atoms with Gasteiger partial charge in [0.2, 0.25) is 0 Å². The molecule has 0 bridgehead atoms. The average Bonchev–Trinajstić information content (AvgIpc) is 2.12. The molecule has 0 spiro atoms. The fraction of sp³-hybridized carbons (Fsp3) is 0.455. The van der Waals surface area contributed by atoms with Crippen molar-refractivity contribution in [1.82, 2.24) is 0 Å². The van der Waals surface area contributed by atoms with E-state index in [0.717, 1.165) is 6.42 Å². The Hall–Kier alpha value is -0.0900. The van der Waals surface area contributed by atoms with Crippen molar-refractivity contribution in [3.8, 4) is 0 Å². The first-order valence-corrected chi connectivity index (χ1v) is 5.81. The van der Waals surface area contributed by atoms with Gasteiger partial charge in [0.05, 0.1) is 0 Å². The zero-order valence-electron chi connectivity index (χ0n) is 7.81. The summed E-state index contributed by atoms with van der Waals surface area (Å²) in [5.41, 5.74) is 10.4. The number of fused-ring (bicyclic) bond motifs is 1. The third-order valence-corrected chi connectivity index (χ3v) is 4.08. The molecule has 0 radical (unpaired) electrons. The summed E-state index contributed by atoms with van der Waals surface area (Å²) in [5.74, 6) is 0. The third-order valence-electron chi connectivity index (χ3n) is 2.91. The van der Waals surface area contributed by atoms with Crippen molar-refractivity contribution in [2.75, 3.05) is 0 Å². The van der Waals surface area contributed by atoms with E-state index >= 15 is 0 Å². The molecule has 1 nitrogen and oxygen atoms in total. The largest absolute Gasteiger partial charge is 0.324 e. The molecule has 0 aliphatic heterocycles. The zero-order chi connectivity index (χ0) is 9.42. The Morgan fingerprint density at radius 1 is 1.46 bits per heavy atom. The molecule has 1 atom stereocenters. The minimum Gasteiger partial charge on any atom is -0.324 e. The highest BCUT2D eigenvalue weighted by Crippen LogP contribution is 2.31. The first-order chi connectivity index (χ1) is 6.20. The van der Waals surface area contributed by atoms with Gasteiger partial charge < -0.3 is 5.73 Å². The van der Waals surface area contributed by atoms with E-state index in [-0.39, 0.29) is 6.04 Å². The molecule has 13 heavy (non-hydrogen) atoms. The van der Waals surface area contributed by atoms with Gasteiger partial charge in [0.15, 0.2) is 0 Å². The summed E-state index contributed by atoms with van der Waals surface area (Å²) in [5, 5.41) is 0. The van der Waals surface area contributed by atoms with Crippen molar-refractivity contribution in [3.05, 3.63) is 32.4 Å². The van der Waals surface area contributed by atoms with E-state index in [1.807, 2.05) is 0 Å². The molecular formula is C11H14IN. The average molecular weight is 287 g/mol. The standard InChI is InChI=1S/C11H14IN/c1-7-8-3-2-4-11(13)9(8)5-6-10(7)12/h5-6,11H,2-4,13H2,1H3. The van der Waals surface area contributed by atoms with Crippen LogP contribution in [0.5, 0.6) is 0 Å². The van der Waals surface area contributed by atoms with Crippen LogP contribution in [0.1, 0.15) is 35.6 Å². The van der Waals surface area contributed by atoms with E-state index in [0.29, 0.717) is 0 Å². The summed E-state index contributed by atoms with van der Waals surface area (Å²) < 4.78 is 1.37. The fourth-order valence-corrected chi connectivity index (χ4v) is 2.59. The summed E-state index contributed by atoms with van der Waals surface area (Å²) in [4.78, 5) is 0. The maximum Gasteiger partial charge on any atom is 0.0297 e. The monoisotopic (exact) mass is 287 g/mol. The predicted octanol–water partition coefficient (Wildman–Crippen LogP) is 2.94. The summed E-state index contributed by atoms with van der Waals surface area (Å²) in [7, 11) is 0. The zero-order valence-corrected chi connectivity index (χ0v) is 9.97. The van der Waals surface area contributed by atoms with Gasteiger partial charge in [-0.05, 0) is 71.5 Å². The van der Waals surface area contributed by atoms with E-state index in [1.54, 1.807) is 0 Å². The van der Waals surface area contributed by atoms with Gasteiger partial charge in [0.1, 0.15) is 0 Å². The van der Waals surface area contributed by atoms with Crippen molar-refractivity contribution in [2.24, 2.45) is 5.73 Å². The number of hydrogen-bond acceptors (Lipinski definition) is 1. The first kappa shape index (κ1) is 9.46. The van der Waals surface area contributed by atoms with Gasteiger partial charge in [-0.3, -0.25) is 0 Å². The van der Waals surface area contributed by atoms with Crippen LogP contribution in [0.25, 0.3) is 0 Å². The highest BCUT2D eigenvalue weighted by atomic mass is 127. The topological polar surface area (TPSA) is 26.0 Å². The Labute approximate surface area is 92.9 Å².